The van der Waals surface area contributed by atoms with Gasteiger partial charge in [0.05, 0.1) is 18.8 Å². The lowest BCUT2D eigenvalue weighted by molar-refractivity contribution is -0.0788. The van der Waals surface area contributed by atoms with Crippen molar-refractivity contribution in [3.05, 3.63) is 0 Å². The summed E-state index contributed by atoms with van der Waals surface area (Å²) in [5.41, 5.74) is -0.108. The number of hydrogen-bond acceptors (Lipinski definition) is 3. The van der Waals surface area contributed by atoms with Crippen molar-refractivity contribution >= 4 is 0 Å². The zero-order chi connectivity index (χ0) is 13.7. The molecule has 3 heteroatoms. The van der Waals surface area contributed by atoms with Crippen molar-refractivity contribution in [2.24, 2.45) is 23.2 Å². The van der Waals surface area contributed by atoms with Gasteiger partial charge in [-0.3, -0.25) is 0 Å². The van der Waals surface area contributed by atoms with Crippen molar-refractivity contribution in [3.8, 4) is 0 Å². The molecule has 110 valence electrons. The summed E-state index contributed by atoms with van der Waals surface area (Å²) in [5, 5.41) is 22.5. The molecule has 0 aromatic carbocycles. The molecule has 0 aliphatic heterocycles. The molecule has 4 bridgehead atoms. The molecular formula is C16H29NO2. The summed E-state index contributed by atoms with van der Waals surface area (Å²) in [6.07, 6.45) is 8.47. The van der Waals surface area contributed by atoms with Gasteiger partial charge in [0.2, 0.25) is 0 Å². The fourth-order valence-corrected chi connectivity index (χ4v) is 5.53. The summed E-state index contributed by atoms with van der Waals surface area (Å²) in [7, 11) is 0. The Bertz CT molecular complexity index is 302. The first-order valence-electron chi connectivity index (χ1n) is 7.98. The Balaban J connectivity index is 1.74. The third-order valence-electron chi connectivity index (χ3n) is 6.27. The summed E-state index contributed by atoms with van der Waals surface area (Å²) in [5.74, 6) is 2.85. The minimum atomic E-state index is -0.539. The predicted molar refractivity (Wildman–Crippen MR) is 75.8 cm³/mol. The van der Waals surface area contributed by atoms with Crippen LogP contribution < -0.4 is 5.32 Å². The molecule has 0 heterocycles. The molecule has 3 N–H and O–H groups in total. The van der Waals surface area contributed by atoms with Crippen LogP contribution in [0.5, 0.6) is 0 Å². The van der Waals surface area contributed by atoms with Gasteiger partial charge in [-0.15, -0.1) is 0 Å². The normalized spacial score (nSPS) is 42.6. The number of aliphatic hydroxyl groups excluding tert-OH is 2. The fraction of sp³-hybridized carbons (Fsp3) is 1.00. The SMILES string of the molecule is CC(NC(C)(CO)CO)C12CC3CC(CC(C3)C1)C2. The third-order valence-corrected chi connectivity index (χ3v) is 6.27. The fourth-order valence-electron chi connectivity index (χ4n) is 5.53. The van der Waals surface area contributed by atoms with Gasteiger partial charge in [-0.1, -0.05) is 0 Å². The summed E-state index contributed by atoms with van der Waals surface area (Å²) < 4.78 is 0. The second-order valence-electron chi connectivity index (χ2n) is 8.02. The van der Waals surface area contributed by atoms with Crippen LogP contribution in [-0.4, -0.2) is 35.0 Å². The van der Waals surface area contributed by atoms with Crippen LogP contribution in [0.4, 0.5) is 0 Å². The Hall–Kier alpha value is -0.120. The van der Waals surface area contributed by atoms with Crippen molar-refractivity contribution in [3.63, 3.8) is 0 Å². The first-order chi connectivity index (χ1) is 8.98. The van der Waals surface area contributed by atoms with Gasteiger partial charge in [-0.25, -0.2) is 0 Å². The van der Waals surface area contributed by atoms with Gasteiger partial charge in [0.1, 0.15) is 0 Å². The minimum Gasteiger partial charge on any atom is -0.394 e. The maximum Gasteiger partial charge on any atom is 0.0633 e. The lowest BCUT2D eigenvalue weighted by atomic mass is 9.48. The van der Waals surface area contributed by atoms with Gasteiger partial charge < -0.3 is 15.5 Å². The second kappa shape index (κ2) is 4.71. The zero-order valence-electron chi connectivity index (χ0n) is 12.4. The van der Waals surface area contributed by atoms with E-state index in [-0.39, 0.29) is 13.2 Å². The second-order valence-corrected chi connectivity index (χ2v) is 8.02. The lowest BCUT2D eigenvalue weighted by Gasteiger charge is -2.60. The Morgan fingerprint density at radius 1 is 1.05 bits per heavy atom. The molecule has 3 nitrogen and oxygen atoms in total. The molecule has 0 aromatic rings. The van der Waals surface area contributed by atoms with E-state index in [1.807, 2.05) is 6.92 Å². The molecule has 1 atom stereocenters. The van der Waals surface area contributed by atoms with Crippen LogP contribution in [0.2, 0.25) is 0 Å². The number of aliphatic hydroxyl groups is 2. The van der Waals surface area contributed by atoms with Crippen LogP contribution in [-0.2, 0) is 0 Å². The number of rotatable bonds is 5. The standard InChI is InChI=1S/C16H29NO2/c1-11(17-15(2,9-18)10-19)16-6-12-3-13(7-16)5-14(4-12)8-16/h11-14,17-19H,3-10H2,1-2H3. The van der Waals surface area contributed by atoms with E-state index in [0.717, 1.165) is 17.8 Å². The molecule has 19 heavy (non-hydrogen) atoms. The summed E-state index contributed by atoms with van der Waals surface area (Å²) in [4.78, 5) is 0. The van der Waals surface area contributed by atoms with Gasteiger partial charge in [0.25, 0.3) is 0 Å². The Morgan fingerprint density at radius 2 is 1.47 bits per heavy atom. The highest BCUT2D eigenvalue weighted by atomic mass is 16.3. The highest BCUT2D eigenvalue weighted by Crippen LogP contribution is 2.61. The van der Waals surface area contributed by atoms with Crippen molar-refractivity contribution in [1.29, 1.82) is 0 Å². The van der Waals surface area contributed by atoms with Crippen molar-refractivity contribution in [1.82, 2.24) is 5.32 Å². The first kappa shape index (κ1) is 13.8. The van der Waals surface area contributed by atoms with E-state index in [1.54, 1.807) is 0 Å². The molecule has 4 rings (SSSR count). The Morgan fingerprint density at radius 3 is 1.84 bits per heavy atom. The summed E-state index contributed by atoms with van der Waals surface area (Å²) in [6, 6.07) is 0.394. The Labute approximate surface area is 116 Å². The van der Waals surface area contributed by atoms with E-state index in [9.17, 15) is 10.2 Å². The van der Waals surface area contributed by atoms with Crippen LogP contribution in [0.15, 0.2) is 0 Å². The summed E-state index contributed by atoms with van der Waals surface area (Å²) >= 11 is 0. The minimum absolute atomic E-state index is 0.000204. The average Bonchev–Trinajstić information content (AvgIpc) is 2.37. The molecule has 0 spiro atoms. The van der Waals surface area contributed by atoms with Gasteiger partial charge in [0, 0.05) is 6.04 Å². The van der Waals surface area contributed by atoms with Crippen LogP contribution in [0.3, 0.4) is 0 Å². The molecule has 4 fully saturated rings. The third kappa shape index (κ3) is 2.34. The number of hydrogen-bond donors (Lipinski definition) is 3. The maximum absolute atomic E-state index is 9.49. The molecule has 0 saturated heterocycles. The molecular weight excluding hydrogens is 238 g/mol. The van der Waals surface area contributed by atoms with Crippen molar-refractivity contribution in [2.45, 2.75) is 64.0 Å². The van der Waals surface area contributed by atoms with Crippen molar-refractivity contribution < 1.29 is 10.2 Å². The van der Waals surface area contributed by atoms with Crippen LogP contribution in [0.25, 0.3) is 0 Å². The monoisotopic (exact) mass is 267 g/mol. The van der Waals surface area contributed by atoms with E-state index in [2.05, 4.69) is 12.2 Å². The first-order valence-corrected chi connectivity index (χ1v) is 7.98. The lowest BCUT2D eigenvalue weighted by Crippen LogP contribution is -2.61. The van der Waals surface area contributed by atoms with Crippen LogP contribution in [0, 0.1) is 23.2 Å². The number of nitrogens with one attached hydrogen (secondary N) is 1. The molecule has 4 aliphatic carbocycles. The van der Waals surface area contributed by atoms with Gasteiger partial charge in [0.15, 0.2) is 0 Å². The molecule has 4 aliphatic rings. The van der Waals surface area contributed by atoms with Crippen LogP contribution >= 0.6 is 0 Å². The van der Waals surface area contributed by atoms with E-state index < -0.39 is 5.54 Å². The highest BCUT2D eigenvalue weighted by Gasteiger charge is 2.53. The molecule has 1 unspecified atom stereocenters. The smallest absolute Gasteiger partial charge is 0.0633 e. The quantitative estimate of drug-likeness (QED) is 0.713. The highest BCUT2D eigenvalue weighted by molar-refractivity contribution is 5.06. The molecule has 4 saturated carbocycles. The topological polar surface area (TPSA) is 52.5 Å². The molecule has 0 aromatic heterocycles. The van der Waals surface area contributed by atoms with Crippen molar-refractivity contribution in [2.75, 3.05) is 13.2 Å². The van der Waals surface area contributed by atoms with Gasteiger partial charge >= 0.3 is 0 Å². The van der Waals surface area contributed by atoms with Gasteiger partial charge in [-0.05, 0) is 75.5 Å². The maximum atomic E-state index is 9.49. The average molecular weight is 267 g/mol. The van der Waals surface area contributed by atoms with E-state index in [4.69, 9.17) is 0 Å². The van der Waals surface area contributed by atoms with Crippen LogP contribution in [0.1, 0.15) is 52.4 Å². The Kier molecular flexibility index (Phi) is 3.43. The van der Waals surface area contributed by atoms with E-state index in [1.165, 1.54) is 38.5 Å². The van der Waals surface area contributed by atoms with E-state index in [0.29, 0.717) is 11.5 Å². The zero-order valence-corrected chi connectivity index (χ0v) is 12.4. The van der Waals surface area contributed by atoms with E-state index >= 15 is 0 Å². The summed E-state index contributed by atoms with van der Waals surface area (Å²) in [6.45, 7) is 4.20. The molecule has 0 amide bonds. The predicted octanol–water partition coefficient (Wildman–Crippen LogP) is 1.92. The molecule has 0 radical (unpaired) electrons. The largest absolute Gasteiger partial charge is 0.394 e. The van der Waals surface area contributed by atoms with Gasteiger partial charge in [-0.2, -0.15) is 0 Å².